The van der Waals surface area contributed by atoms with Crippen LogP contribution >= 0.6 is 0 Å². The maximum absolute atomic E-state index is 9.86. The van der Waals surface area contributed by atoms with E-state index in [2.05, 4.69) is 164 Å². The third-order valence-electron chi connectivity index (χ3n) is 13.1. The van der Waals surface area contributed by atoms with Crippen molar-refractivity contribution >= 4 is 16.7 Å². The molecule has 0 aliphatic heterocycles. The largest absolute Gasteiger partial charge is 0.264 e. The van der Waals surface area contributed by atoms with Crippen LogP contribution in [-0.4, -0.2) is 19.9 Å². The standard InChI is InChI=1S/C57H47N5/c1-3-51-53(50-29-20-39(36-58)33-52(50)57(51)30-8-5-9-31-57)38(2)45-15-10-17-47(34-45)48-18-11-16-46(35-48)40-21-25-43(26-22-40)55-60-54(42-13-6-4-7-14-42)61-56(62-55)44-27-23-41(24-28-44)49-19-12-32-59-37-49/h3-4,6,10-13,15-29,32-35,37H,5,7-9,14,30-31H2,1-2H3/b51-3+,53-38+. The summed E-state index contributed by atoms with van der Waals surface area (Å²) in [4.78, 5) is 19.3. The van der Waals surface area contributed by atoms with Gasteiger partial charge in [0.25, 0.3) is 0 Å². The summed E-state index contributed by atoms with van der Waals surface area (Å²) in [7, 11) is 0. The van der Waals surface area contributed by atoms with Gasteiger partial charge in [0.15, 0.2) is 17.5 Å². The van der Waals surface area contributed by atoms with Gasteiger partial charge < -0.3 is 0 Å². The lowest BCUT2D eigenvalue weighted by molar-refractivity contribution is 0.352. The van der Waals surface area contributed by atoms with Gasteiger partial charge in [0.05, 0.1) is 11.6 Å². The Morgan fingerprint density at radius 1 is 0.645 bits per heavy atom. The minimum Gasteiger partial charge on any atom is -0.264 e. The topological polar surface area (TPSA) is 75.3 Å². The van der Waals surface area contributed by atoms with Gasteiger partial charge >= 0.3 is 0 Å². The third kappa shape index (κ3) is 7.22. The van der Waals surface area contributed by atoms with E-state index in [0.29, 0.717) is 11.6 Å². The van der Waals surface area contributed by atoms with Crippen LogP contribution < -0.4 is 0 Å². The van der Waals surface area contributed by atoms with E-state index in [-0.39, 0.29) is 5.41 Å². The quantitative estimate of drug-likeness (QED) is 0.160. The Labute approximate surface area is 364 Å². The molecule has 2 aromatic heterocycles. The van der Waals surface area contributed by atoms with Crippen molar-refractivity contribution in [3.63, 3.8) is 0 Å². The number of pyridine rings is 1. The van der Waals surface area contributed by atoms with Crippen LogP contribution in [-0.2, 0) is 5.41 Å². The van der Waals surface area contributed by atoms with Crippen LogP contribution in [0.4, 0.5) is 0 Å². The second kappa shape index (κ2) is 16.6. The molecule has 0 atom stereocenters. The molecule has 1 spiro atoms. The summed E-state index contributed by atoms with van der Waals surface area (Å²) >= 11 is 0. The van der Waals surface area contributed by atoms with E-state index >= 15 is 0 Å². The second-order valence-electron chi connectivity index (χ2n) is 16.7. The van der Waals surface area contributed by atoms with Gasteiger partial charge in [0.1, 0.15) is 0 Å². The van der Waals surface area contributed by atoms with Crippen molar-refractivity contribution in [2.45, 2.75) is 64.2 Å². The number of rotatable bonds is 7. The van der Waals surface area contributed by atoms with Crippen molar-refractivity contribution in [2.75, 3.05) is 0 Å². The highest BCUT2D eigenvalue weighted by molar-refractivity contribution is 6.04. The summed E-state index contributed by atoms with van der Waals surface area (Å²) in [6.45, 7) is 4.47. The molecule has 0 bridgehead atoms. The lowest BCUT2D eigenvalue weighted by atomic mass is 9.67. The number of benzene rings is 5. The molecular weight excluding hydrogens is 755 g/mol. The van der Waals surface area contributed by atoms with E-state index in [1.165, 1.54) is 63.8 Å². The summed E-state index contributed by atoms with van der Waals surface area (Å²) < 4.78 is 0. The summed E-state index contributed by atoms with van der Waals surface area (Å²) in [5, 5.41) is 9.86. The van der Waals surface area contributed by atoms with Gasteiger partial charge in [-0.2, -0.15) is 5.26 Å². The zero-order valence-electron chi connectivity index (χ0n) is 35.3. The van der Waals surface area contributed by atoms with Gasteiger partial charge in [-0.3, -0.25) is 4.98 Å². The fourth-order valence-corrected chi connectivity index (χ4v) is 9.95. The molecule has 3 aliphatic carbocycles. The van der Waals surface area contributed by atoms with Crippen molar-refractivity contribution in [1.29, 1.82) is 5.26 Å². The molecule has 5 nitrogen and oxygen atoms in total. The van der Waals surface area contributed by atoms with Crippen LogP contribution in [0.2, 0.25) is 0 Å². The second-order valence-corrected chi connectivity index (χ2v) is 16.7. The van der Waals surface area contributed by atoms with Gasteiger partial charge in [-0.05, 0) is 142 Å². The van der Waals surface area contributed by atoms with Crippen LogP contribution in [0, 0.1) is 11.3 Å². The Morgan fingerprint density at radius 3 is 1.92 bits per heavy atom. The van der Waals surface area contributed by atoms with Crippen LogP contribution in [0.3, 0.4) is 0 Å². The molecule has 0 N–H and O–H groups in total. The van der Waals surface area contributed by atoms with Gasteiger partial charge in [0, 0.05) is 28.9 Å². The summed E-state index contributed by atoms with van der Waals surface area (Å²) in [6.07, 6.45) is 20.2. The Bertz CT molecular complexity index is 2990. The van der Waals surface area contributed by atoms with Crippen molar-refractivity contribution in [3.05, 3.63) is 198 Å². The number of nitriles is 1. The predicted octanol–water partition coefficient (Wildman–Crippen LogP) is 14.3. The van der Waals surface area contributed by atoms with Crippen molar-refractivity contribution in [3.8, 4) is 62.2 Å². The molecule has 3 aliphatic rings. The van der Waals surface area contributed by atoms with E-state index < -0.39 is 0 Å². The molecule has 2 heterocycles. The minimum absolute atomic E-state index is 0.0146. The average molecular weight is 802 g/mol. The fraction of sp³-hybridized carbons (Fsp3) is 0.175. The first-order valence-electron chi connectivity index (χ1n) is 21.9. The first-order valence-corrected chi connectivity index (χ1v) is 21.9. The van der Waals surface area contributed by atoms with Crippen molar-refractivity contribution < 1.29 is 0 Å². The molecule has 5 aromatic carbocycles. The molecule has 10 rings (SSSR count). The highest BCUT2D eigenvalue weighted by Crippen LogP contribution is 2.58. The zero-order chi connectivity index (χ0) is 42.0. The number of aromatic nitrogens is 4. The van der Waals surface area contributed by atoms with Gasteiger partial charge in [0.2, 0.25) is 0 Å². The van der Waals surface area contributed by atoms with E-state index in [4.69, 9.17) is 15.0 Å². The van der Waals surface area contributed by atoms with E-state index in [9.17, 15) is 5.26 Å². The maximum Gasteiger partial charge on any atom is 0.164 e. The predicted molar refractivity (Wildman–Crippen MR) is 253 cm³/mol. The number of hydrogen-bond acceptors (Lipinski definition) is 5. The van der Waals surface area contributed by atoms with Crippen LogP contribution in [0.5, 0.6) is 0 Å². The Hall–Kier alpha value is -7.29. The smallest absolute Gasteiger partial charge is 0.164 e. The molecule has 1 saturated carbocycles. The first-order chi connectivity index (χ1) is 30.5. The number of nitrogens with zero attached hydrogens (tertiary/aromatic N) is 5. The van der Waals surface area contributed by atoms with E-state index in [0.717, 1.165) is 76.0 Å². The highest BCUT2D eigenvalue weighted by Gasteiger charge is 2.46. The van der Waals surface area contributed by atoms with Crippen molar-refractivity contribution in [2.24, 2.45) is 0 Å². The van der Waals surface area contributed by atoms with Crippen molar-refractivity contribution in [1.82, 2.24) is 19.9 Å². The number of allylic oxidation sites excluding steroid dienone is 8. The van der Waals surface area contributed by atoms with Gasteiger partial charge in [-0.15, -0.1) is 0 Å². The molecule has 7 aromatic rings. The molecule has 0 saturated heterocycles. The lowest BCUT2D eigenvalue weighted by Crippen LogP contribution is -2.28. The summed E-state index contributed by atoms with van der Waals surface area (Å²) in [5.41, 5.74) is 18.4. The molecule has 0 amide bonds. The van der Waals surface area contributed by atoms with Crippen LogP contribution in [0.1, 0.15) is 86.9 Å². The Balaban J connectivity index is 0.961. The Morgan fingerprint density at radius 2 is 1.27 bits per heavy atom. The monoisotopic (exact) mass is 801 g/mol. The fourth-order valence-electron chi connectivity index (χ4n) is 9.95. The molecule has 5 heteroatoms. The minimum atomic E-state index is -0.0146. The average Bonchev–Trinajstić information content (AvgIpc) is 3.61. The summed E-state index contributed by atoms with van der Waals surface area (Å²) in [5.74, 6) is 2.03. The Kier molecular flexibility index (Phi) is 10.4. The van der Waals surface area contributed by atoms with Gasteiger partial charge in [-0.25, -0.2) is 15.0 Å². The van der Waals surface area contributed by atoms with E-state index in [1.54, 1.807) is 6.20 Å². The highest BCUT2D eigenvalue weighted by atomic mass is 15.0. The zero-order valence-corrected chi connectivity index (χ0v) is 35.3. The van der Waals surface area contributed by atoms with Crippen LogP contribution in [0.15, 0.2) is 170 Å². The SMILES string of the molecule is C/C=C1\C(=C(/C)c2cccc(-c3cccc(-c4ccc(-c5nc(C6=CC=CCC6)nc(-c6ccc(-c7cccnc7)cc6)n5)cc4)c3)c2)c2ccc(C#N)cc2C12CCCCC2. The first kappa shape index (κ1) is 38.9. The number of hydrogen-bond donors (Lipinski definition) is 0. The van der Waals surface area contributed by atoms with E-state index in [1.807, 2.05) is 18.3 Å². The molecule has 300 valence electrons. The maximum atomic E-state index is 9.86. The molecular formula is C57H47N5. The molecule has 0 radical (unpaired) electrons. The third-order valence-corrected chi connectivity index (χ3v) is 13.1. The van der Waals surface area contributed by atoms with Crippen LogP contribution in [0.25, 0.3) is 72.9 Å². The molecule has 62 heavy (non-hydrogen) atoms. The molecule has 1 fully saturated rings. The number of fused-ring (bicyclic) bond motifs is 2. The van der Waals surface area contributed by atoms with Gasteiger partial charge in [-0.1, -0.05) is 141 Å². The molecule has 0 unspecified atom stereocenters. The normalized spacial score (nSPS) is 16.8. The summed E-state index contributed by atoms with van der Waals surface area (Å²) in [6, 6.07) is 47.6. The lowest BCUT2D eigenvalue weighted by Gasteiger charge is -2.36.